The van der Waals surface area contributed by atoms with Crippen molar-refractivity contribution >= 4 is 23.7 Å². The van der Waals surface area contributed by atoms with Crippen molar-refractivity contribution in [1.29, 1.82) is 0 Å². The Kier molecular flexibility index (Phi) is 5.83. The van der Waals surface area contributed by atoms with Crippen LogP contribution in [0.25, 0.3) is 11.1 Å². The molecule has 0 fully saturated rings. The summed E-state index contributed by atoms with van der Waals surface area (Å²) >= 11 is 0. The molecule has 0 bridgehead atoms. The van der Waals surface area contributed by atoms with Crippen molar-refractivity contribution in [3.8, 4) is 11.1 Å². The Hall–Kier alpha value is -4.20. The van der Waals surface area contributed by atoms with E-state index in [9.17, 15) is 14.4 Å². The molecule has 0 unspecified atom stereocenters. The van der Waals surface area contributed by atoms with Gasteiger partial charge in [0.2, 0.25) is 5.91 Å². The number of carbonyl (C=O) groups is 3. The average Bonchev–Trinajstić information content (AvgIpc) is 3.11. The van der Waals surface area contributed by atoms with Crippen LogP contribution < -0.4 is 10.6 Å². The number of hydrogen-bond acceptors (Lipinski definition) is 5. The molecule has 0 radical (unpaired) electrons. The summed E-state index contributed by atoms with van der Waals surface area (Å²) in [6, 6.07) is 18.8. The van der Waals surface area contributed by atoms with E-state index in [1.165, 1.54) is 18.3 Å². The second kappa shape index (κ2) is 8.74. The molecule has 0 spiro atoms. The van der Waals surface area contributed by atoms with Gasteiger partial charge in [0.15, 0.2) is 0 Å². The van der Waals surface area contributed by atoms with Gasteiger partial charge in [-0.05, 0) is 48.2 Å². The number of amides is 2. The molecule has 168 valence electrons. The van der Waals surface area contributed by atoms with Crippen LogP contribution in [0.2, 0.25) is 0 Å². The number of rotatable bonds is 6. The lowest BCUT2D eigenvalue weighted by molar-refractivity contribution is -0.121. The molecule has 3 N–H and O–H groups in total. The van der Waals surface area contributed by atoms with Crippen molar-refractivity contribution in [3.63, 3.8) is 0 Å². The summed E-state index contributed by atoms with van der Waals surface area (Å²) in [4.78, 5) is 39.8. The quantitative estimate of drug-likeness (QED) is 0.527. The molecule has 0 atom stereocenters. The van der Waals surface area contributed by atoms with Crippen LogP contribution in [0.4, 0.5) is 10.5 Å². The third kappa shape index (κ3) is 4.55. The first kappa shape index (κ1) is 22.0. The van der Waals surface area contributed by atoms with Gasteiger partial charge in [-0.1, -0.05) is 48.5 Å². The van der Waals surface area contributed by atoms with Crippen LogP contribution in [0, 0.1) is 0 Å². The van der Waals surface area contributed by atoms with Crippen LogP contribution in [0.5, 0.6) is 0 Å². The fourth-order valence-electron chi connectivity index (χ4n) is 3.83. The van der Waals surface area contributed by atoms with Crippen LogP contribution in [0.15, 0.2) is 66.9 Å². The Morgan fingerprint density at radius 1 is 0.970 bits per heavy atom. The van der Waals surface area contributed by atoms with Gasteiger partial charge in [0, 0.05) is 5.92 Å². The van der Waals surface area contributed by atoms with Gasteiger partial charge in [0.05, 0.1) is 11.9 Å². The largest absolute Gasteiger partial charge is 0.477 e. The molecule has 8 nitrogen and oxygen atoms in total. The first-order valence-corrected chi connectivity index (χ1v) is 10.4. The number of pyridine rings is 1. The summed E-state index contributed by atoms with van der Waals surface area (Å²) in [6.07, 6.45) is 0.529. The van der Waals surface area contributed by atoms with E-state index < -0.39 is 23.5 Å². The molecule has 0 aliphatic heterocycles. The van der Waals surface area contributed by atoms with Gasteiger partial charge in [-0.3, -0.25) is 4.79 Å². The number of carboxylic acids is 1. The molecular formula is C25H23N3O5. The van der Waals surface area contributed by atoms with E-state index >= 15 is 0 Å². The molecule has 1 aromatic heterocycles. The van der Waals surface area contributed by atoms with Gasteiger partial charge < -0.3 is 20.5 Å². The standard InChI is InChI=1S/C25H23N3O5/c1-25(2,23(31)27-15-11-12-21(22(29)30)26-13-15)28-24(32)33-14-20-18-9-5-3-7-16(18)17-8-4-6-10-19(17)20/h3-13,20H,14H2,1-2H3,(H,27,31)(H,28,32)(H,29,30). The Bertz CT molecular complexity index is 1180. The summed E-state index contributed by atoms with van der Waals surface area (Å²) in [5, 5.41) is 14.1. The van der Waals surface area contributed by atoms with Crippen LogP contribution in [-0.2, 0) is 9.53 Å². The van der Waals surface area contributed by atoms with Crippen LogP contribution >= 0.6 is 0 Å². The molecule has 1 aliphatic rings. The predicted octanol–water partition coefficient (Wildman–Crippen LogP) is 4.04. The highest BCUT2D eigenvalue weighted by atomic mass is 16.5. The predicted molar refractivity (Wildman–Crippen MR) is 122 cm³/mol. The van der Waals surface area contributed by atoms with Crippen molar-refractivity contribution in [2.24, 2.45) is 0 Å². The lowest BCUT2D eigenvalue weighted by Crippen LogP contribution is -2.52. The molecule has 0 saturated carbocycles. The summed E-state index contributed by atoms with van der Waals surface area (Å²) in [5.74, 6) is -1.75. The second-order valence-electron chi connectivity index (χ2n) is 8.27. The number of nitrogens with one attached hydrogen (secondary N) is 2. The van der Waals surface area contributed by atoms with E-state index in [1.807, 2.05) is 36.4 Å². The van der Waals surface area contributed by atoms with E-state index in [0.29, 0.717) is 5.69 Å². The van der Waals surface area contributed by atoms with E-state index in [2.05, 4.69) is 27.8 Å². The lowest BCUT2D eigenvalue weighted by atomic mass is 9.98. The topological polar surface area (TPSA) is 118 Å². The molecule has 1 aliphatic carbocycles. The third-order valence-electron chi connectivity index (χ3n) is 5.57. The summed E-state index contributed by atoms with van der Waals surface area (Å²) in [6.45, 7) is 3.23. The van der Waals surface area contributed by atoms with E-state index in [-0.39, 0.29) is 18.2 Å². The molecule has 0 saturated heterocycles. The smallest absolute Gasteiger partial charge is 0.408 e. The van der Waals surface area contributed by atoms with Gasteiger partial charge in [0.25, 0.3) is 0 Å². The SMILES string of the molecule is CC(C)(NC(=O)OCC1c2ccccc2-c2ccccc21)C(=O)Nc1ccc(C(=O)O)nc1. The fourth-order valence-corrected chi connectivity index (χ4v) is 3.83. The van der Waals surface area contributed by atoms with E-state index in [4.69, 9.17) is 9.84 Å². The summed E-state index contributed by atoms with van der Waals surface area (Å²) in [7, 11) is 0. The van der Waals surface area contributed by atoms with Gasteiger partial charge in [-0.25, -0.2) is 14.6 Å². The number of aromatic nitrogens is 1. The third-order valence-corrected chi connectivity index (χ3v) is 5.57. The highest BCUT2D eigenvalue weighted by molar-refractivity contribution is 5.99. The van der Waals surface area contributed by atoms with Crippen molar-refractivity contribution in [3.05, 3.63) is 83.7 Å². The zero-order valence-electron chi connectivity index (χ0n) is 18.2. The lowest BCUT2D eigenvalue weighted by Gasteiger charge is -2.25. The maximum atomic E-state index is 12.7. The minimum Gasteiger partial charge on any atom is -0.477 e. The maximum Gasteiger partial charge on any atom is 0.408 e. The Balaban J connectivity index is 1.38. The Labute approximate surface area is 190 Å². The molecule has 2 aromatic carbocycles. The van der Waals surface area contributed by atoms with Gasteiger partial charge >= 0.3 is 12.1 Å². The molecule has 2 amide bonds. The van der Waals surface area contributed by atoms with Crippen LogP contribution in [0.3, 0.4) is 0 Å². The van der Waals surface area contributed by atoms with Crippen molar-refractivity contribution < 1.29 is 24.2 Å². The fraction of sp³-hybridized carbons (Fsp3) is 0.200. The number of alkyl carbamates (subject to hydrolysis) is 1. The zero-order chi connectivity index (χ0) is 23.6. The summed E-state index contributed by atoms with van der Waals surface area (Å²) < 4.78 is 5.51. The Morgan fingerprint density at radius 2 is 1.58 bits per heavy atom. The number of carboxylic acid groups (broad SMARTS) is 1. The molecule has 4 rings (SSSR count). The molecule has 33 heavy (non-hydrogen) atoms. The number of carbonyl (C=O) groups excluding carboxylic acids is 2. The number of anilines is 1. The molecule has 3 aromatic rings. The van der Waals surface area contributed by atoms with Crippen LogP contribution in [0.1, 0.15) is 41.4 Å². The summed E-state index contributed by atoms with van der Waals surface area (Å²) in [5.41, 5.74) is 3.35. The van der Waals surface area contributed by atoms with Crippen molar-refractivity contribution in [2.75, 3.05) is 11.9 Å². The molecule has 1 heterocycles. The van der Waals surface area contributed by atoms with E-state index in [1.54, 1.807) is 13.8 Å². The average molecular weight is 445 g/mol. The zero-order valence-corrected chi connectivity index (χ0v) is 18.2. The minimum atomic E-state index is -1.28. The highest BCUT2D eigenvalue weighted by Crippen LogP contribution is 2.44. The highest BCUT2D eigenvalue weighted by Gasteiger charge is 2.32. The van der Waals surface area contributed by atoms with Gasteiger partial charge in [-0.2, -0.15) is 0 Å². The first-order chi connectivity index (χ1) is 15.8. The number of fused-ring (bicyclic) bond motifs is 3. The molecule has 8 heteroatoms. The number of hydrogen-bond donors (Lipinski definition) is 3. The van der Waals surface area contributed by atoms with Crippen molar-refractivity contribution in [1.82, 2.24) is 10.3 Å². The Morgan fingerprint density at radius 3 is 2.12 bits per heavy atom. The van der Waals surface area contributed by atoms with Crippen molar-refractivity contribution in [2.45, 2.75) is 25.3 Å². The van der Waals surface area contributed by atoms with Crippen LogP contribution in [-0.4, -0.2) is 40.2 Å². The normalized spacial score (nSPS) is 12.4. The minimum absolute atomic E-state index is 0.0843. The maximum absolute atomic E-state index is 12.7. The van der Waals surface area contributed by atoms with Gasteiger partial charge in [0.1, 0.15) is 17.8 Å². The van der Waals surface area contributed by atoms with E-state index in [0.717, 1.165) is 22.3 Å². The monoisotopic (exact) mass is 445 g/mol. The number of ether oxygens (including phenoxy) is 1. The number of aromatic carboxylic acids is 1. The first-order valence-electron chi connectivity index (χ1n) is 10.4. The number of nitrogens with zero attached hydrogens (tertiary/aromatic N) is 1. The second-order valence-corrected chi connectivity index (χ2v) is 8.27. The van der Waals surface area contributed by atoms with Gasteiger partial charge in [-0.15, -0.1) is 0 Å². The molecular weight excluding hydrogens is 422 g/mol. The number of benzene rings is 2.